The molecule has 4 atom stereocenters. The Morgan fingerprint density at radius 3 is 2.45 bits per heavy atom. The molecule has 3 nitrogen and oxygen atoms in total. The summed E-state index contributed by atoms with van der Waals surface area (Å²) in [6.07, 6.45) is 8.04. The standard InChI is InChI=1S/C27H32BrClFNO2/c1-25-9-18-10-26(2,14-25)16-27(11-18,15-25)31-12-17-6-21(28)24(23(7-17)32-3)33-13-19-4-5-20(30)8-22(19)29/h4-8,18,31H,9-16H2,1-3H3/t18?,25-,26+,27?. The SMILES string of the molecule is COc1cc(CNC23CC4C[C@@](C)(C2)C[C@](C)(C4)C3)cc(Br)c1OCc1ccc(F)cc1Cl. The van der Waals surface area contributed by atoms with Gasteiger partial charge in [0.15, 0.2) is 11.5 Å². The van der Waals surface area contributed by atoms with Gasteiger partial charge in [-0.1, -0.05) is 31.5 Å². The summed E-state index contributed by atoms with van der Waals surface area (Å²) in [7, 11) is 1.65. The second-order valence-corrected chi connectivity index (χ2v) is 12.7. The van der Waals surface area contributed by atoms with Gasteiger partial charge in [0.25, 0.3) is 0 Å². The van der Waals surface area contributed by atoms with Crippen molar-refractivity contribution >= 4 is 27.5 Å². The molecule has 0 spiro atoms. The minimum absolute atomic E-state index is 0.229. The fourth-order valence-electron chi connectivity index (χ4n) is 7.74. The molecule has 33 heavy (non-hydrogen) atoms. The van der Waals surface area contributed by atoms with Gasteiger partial charge in [-0.25, -0.2) is 4.39 Å². The molecular formula is C27H32BrClFNO2. The van der Waals surface area contributed by atoms with Crippen molar-refractivity contribution in [2.24, 2.45) is 16.7 Å². The zero-order valence-corrected chi connectivity index (χ0v) is 21.9. The molecule has 0 heterocycles. The van der Waals surface area contributed by atoms with Crippen LogP contribution in [0.5, 0.6) is 11.5 Å². The van der Waals surface area contributed by atoms with E-state index in [0.717, 1.165) is 28.1 Å². The van der Waals surface area contributed by atoms with Gasteiger partial charge in [-0.3, -0.25) is 0 Å². The average molecular weight is 537 g/mol. The second kappa shape index (κ2) is 8.42. The first kappa shape index (κ1) is 23.4. The molecule has 2 aromatic carbocycles. The first-order chi connectivity index (χ1) is 15.6. The Morgan fingerprint density at radius 1 is 1.09 bits per heavy atom. The number of hydrogen-bond donors (Lipinski definition) is 1. The van der Waals surface area contributed by atoms with Crippen molar-refractivity contribution in [3.05, 3.63) is 56.8 Å². The highest BCUT2D eigenvalue weighted by Gasteiger charge is 2.59. The number of hydrogen-bond acceptors (Lipinski definition) is 3. The maximum atomic E-state index is 13.3. The van der Waals surface area contributed by atoms with Gasteiger partial charge in [0.1, 0.15) is 12.4 Å². The van der Waals surface area contributed by atoms with E-state index in [1.165, 1.54) is 50.7 Å². The summed E-state index contributed by atoms with van der Waals surface area (Å²) in [6, 6.07) is 8.47. The van der Waals surface area contributed by atoms with E-state index in [2.05, 4.69) is 41.2 Å². The maximum Gasteiger partial charge on any atom is 0.175 e. The zero-order valence-electron chi connectivity index (χ0n) is 19.6. The van der Waals surface area contributed by atoms with E-state index >= 15 is 0 Å². The fourth-order valence-corrected chi connectivity index (χ4v) is 8.56. The van der Waals surface area contributed by atoms with Crippen molar-refractivity contribution in [3.8, 4) is 11.5 Å². The lowest BCUT2D eigenvalue weighted by Crippen LogP contribution is -2.63. The minimum atomic E-state index is -0.360. The van der Waals surface area contributed by atoms with E-state index in [9.17, 15) is 4.39 Å². The summed E-state index contributed by atoms with van der Waals surface area (Å²) in [5, 5.41) is 4.34. The van der Waals surface area contributed by atoms with Crippen molar-refractivity contribution in [3.63, 3.8) is 0 Å². The minimum Gasteiger partial charge on any atom is -0.493 e. The van der Waals surface area contributed by atoms with Gasteiger partial charge in [0.05, 0.1) is 16.6 Å². The van der Waals surface area contributed by atoms with Gasteiger partial charge < -0.3 is 14.8 Å². The quantitative estimate of drug-likeness (QED) is 0.394. The topological polar surface area (TPSA) is 30.5 Å². The highest BCUT2D eigenvalue weighted by atomic mass is 79.9. The smallest absolute Gasteiger partial charge is 0.175 e. The van der Waals surface area contributed by atoms with E-state index in [1.807, 2.05) is 6.07 Å². The van der Waals surface area contributed by atoms with Gasteiger partial charge in [-0.15, -0.1) is 0 Å². The predicted molar refractivity (Wildman–Crippen MR) is 133 cm³/mol. The summed E-state index contributed by atoms with van der Waals surface area (Å²) in [4.78, 5) is 0. The lowest BCUT2D eigenvalue weighted by molar-refractivity contribution is -0.118. The van der Waals surface area contributed by atoms with Crippen LogP contribution in [0.25, 0.3) is 0 Å². The Morgan fingerprint density at radius 2 is 1.82 bits per heavy atom. The summed E-state index contributed by atoms with van der Waals surface area (Å²) in [6.45, 7) is 6.04. The third kappa shape index (κ3) is 4.66. The molecule has 4 saturated carbocycles. The molecule has 4 aliphatic rings. The molecule has 6 heteroatoms. The van der Waals surface area contributed by atoms with Crippen LogP contribution in [0.3, 0.4) is 0 Å². The summed E-state index contributed by atoms with van der Waals surface area (Å²) in [5.41, 5.74) is 3.10. The van der Waals surface area contributed by atoms with Gasteiger partial charge >= 0.3 is 0 Å². The predicted octanol–water partition coefficient (Wildman–Crippen LogP) is 7.67. The first-order valence-electron chi connectivity index (χ1n) is 11.8. The number of rotatable bonds is 7. The van der Waals surface area contributed by atoms with Crippen LogP contribution in [-0.2, 0) is 13.2 Å². The lowest BCUT2D eigenvalue weighted by atomic mass is 9.43. The highest BCUT2D eigenvalue weighted by molar-refractivity contribution is 9.10. The Hall–Kier alpha value is -1.30. The third-order valence-electron chi connectivity index (χ3n) is 7.97. The number of nitrogens with one attached hydrogen (secondary N) is 1. The number of halogens is 3. The van der Waals surface area contributed by atoms with E-state index in [1.54, 1.807) is 13.2 Å². The summed E-state index contributed by atoms with van der Waals surface area (Å²) in [5.74, 6) is 1.79. The molecule has 1 N–H and O–H groups in total. The van der Waals surface area contributed by atoms with Crippen LogP contribution in [0, 0.1) is 22.6 Å². The normalized spacial score (nSPS) is 32.2. The van der Waals surface area contributed by atoms with Gasteiger partial charge in [-0.2, -0.15) is 0 Å². The lowest BCUT2D eigenvalue weighted by Gasteiger charge is -2.65. The zero-order chi connectivity index (χ0) is 23.4. The molecule has 2 unspecified atom stereocenters. The van der Waals surface area contributed by atoms with Crippen LogP contribution >= 0.6 is 27.5 Å². The molecule has 4 aliphatic carbocycles. The monoisotopic (exact) mass is 535 g/mol. The van der Waals surface area contributed by atoms with Crippen LogP contribution in [0.1, 0.15) is 63.5 Å². The van der Waals surface area contributed by atoms with Crippen LogP contribution in [0.2, 0.25) is 5.02 Å². The molecule has 178 valence electrons. The van der Waals surface area contributed by atoms with Crippen molar-refractivity contribution in [2.45, 2.75) is 71.1 Å². The van der Waals surface area contributed by atoms with Gasteiger partial charge in [0, 0.05) is 17.6 Å². The largest absolute Gasteiger partial charge is 0.493 e. The molecule has 2 aromatic rings. The van der Waals surface area contributed by atoms with E-state index in [0.29, 0.717) is 27.4 Å². The number of methoxy groups -OCH3 is 1. The fraction of sp³-hybridized carbons (Fsp3) is 0.556. The molecule has 4 fully saturated rings. The second-order valence-electron chi connectivity index (χ2n) is 11.4. The number of benzene rings is 2. The molecule has 0 saturated heterocycles. The Bertz CT molecular complexity index is 1060. The molecule has 0 amide bonds. The average Bonchev–Trinajstić information content (AvgIpc) is 2.69. The molecule has 6 rings (SSSR count). The van der Waals surface area contributed by atoms with Crippen molar-refractivity contribution in [2.75, 3.05) is 7.11 Å². The molecule has 0 aromatic heterocycles. The van der Waals surface area contributed by atoms with E-state index in [4.69, 9.17) is 21.1 Å². The third-order valence-corrected chi connectivity index (χ3v) is 8.91. The van der Waals surface area contributed by atoms with Crippen LogP contribution in [0.4, 0.5) is 4.39 Å². The van der Waals surface area contributed by atoms with Crippen LogP contribution in [0.15, 0.2) is 34.8 Å². The molecule has 4 bridgehead atoms. The first-order valence-corrected chi connectivity index (χ1v) is 13.0. The molecular weight excluding hydrogens is 505 g/mol. The summed E-state index contributed by atoms with van der Waals surface area (Å²) < 4.78 is 25.8. The van der Waals surface area contributed by atoms with Crippen LogP contribution < -0.4 is 14.8 Å². The number of ether oxygens (including phenoxy) is 2. The van der Waals surface area contributed by atoms with Crippen molar-refractivity contribution in [1.82, 2.24) is 5.32 Å². The Labute approximate surface area is 209 Å². The van der Waals surface area contributed by atoms with E-state index < -0.39 is 0 Å². The molecule has 0 radical (unpaired) electrons. The van der Waals surface area contributed by atoms with Gasteiger partial charge in [-0.05, 0) is 101 Å². The van der Waals surface area contributed by atoms with Crippen LogP contribution in [-0.4, -0.2) is 12.6 Å². The Balaban J connectivity index is 1.30. The van der Waals surface area contributed by atoms with E-state index in [-0.39, 0.29) is 18.0 Å². The van der Waals surface area contributed by atoms with Gasteiger partial charge in [0.2, 0.25) is 0 Å². The summed E-state index contributed by atoms with van der Waals surface area (Å²) >= 11 is 9.82. The van der Waals surface area contributed by atoms with Crippen molar-refractivity contribution < 1.29 is 13.9 Å². The maximum absolute atomic E-state index is 13.3. The van der Waals surface area contributed by atoms with Crippen molar-refractivity contribution in [1.29, 1.82) is 0 Å². The molecule has 0 aliphatic heterocycles. The highest BCUT2D eigenvalue weighted by Crippen LogP contribution is 2.66. The Kier molecular flexibility index (Phi) is 5.98.